The minimum absolute atomic E-state index is 0.0766. The van der Waals surface area contributed by atoms with E-state index in [9.17, 15) is 9.18 Å². The predicted octanol–water partition coefficient (Wildman–Crippen LogP) is 2.23. The topological polar surface area (TPSA) is 67.5 Å². The van der Waals surface area contributed by atoms with E-state index in [0.717, 1.165) is 0 Å². The summed E-state index contributed by atoms with van der Waals surface area (Å²) in [7, 11) is 0. The van der Waals surface area contributed by atoms with Gasteiger partial charge in [0.15, 0.2) is 11.3 Å². The Kier molecular flexibility index (Phi) is 2.49. The molecule has 0 amide bonds. The maximum Gasteiger partial charge on any atom is 0.354 e. The minimum Gasteiger partial charge on any atom is -0.477 e. The summed E-state index contributed by atoms with van der Waals surface area (Å²) in [5.74, 6) is -1.47. The molecule has 0 radical (unpaired) electrons. The number of carbonyl (C=O) groups is 1. The number of aromatic carboxylic acids is 1. The monoisotopic (exact) mass is 257 g/mol. The Bertz CT molecular complexity index is 765. The summed E-state index contributed by atoms with van der Waals surface area (Å²) in [6.07, 6.45) is 1.53. The summed E-state index contributed by atoms with van der Waals surface area (Å²) in [4.78, 5) is 15.0. The molecule has 2 aromatic heterocycles. The van der Waals surface area contributed by atoms with Gasteiger partial charge >= 0.3 is 5.97 Å². The average molecular weight is 257 g/mol. The molecular formula is C13H8FN3O2. The maximum atomic E-state index is 12.9. The fraction of sp³-hybridized carbons (Fsp3) is 0. The van der Waals surface area contributed by atoms with E-state index in [-0.39, 0.29) is 11.5 Å². The first-order valence-corrected chi connectivity index (χ1v) is 5.49. The maximum absolute atomic E-state index is 12.9. The molecular weight excluding hydrogens is 249 g/mol. The van der Waals surface area contributed by atoms with Gasteiger partial charge in [0, 0.05) is 11.6 Å². The first kappa shape index (κ1) is 11.3. The van der Waals surface area contributed by atoms with Gasteiger partial charge in [-0.1, -0.05) is 0 Å². The molecule has 5 nitrogen and oxygen atoms in total. The van der Waals surface area contributed by atoms with Gasteiger partial charge in [-0.3, -0.25) is 0 Å². The summed E-state index contributed by atoms with van der Waals surface area (Å²) in [6.45, 7) is 0. The quantitative estimate of drug-likeness (QED) is 0.764. The minimum atomic E-state index is -1.12. The summed E-state index contributed by atoms with van der Waals surface area (Å²) < 4.78 is 14.4. The van der Waals surface area contributed by atoms with Gasteiger partial charge in [-0.25, -0.2) is 18.7 Å². The number of carboxylic acid groups (broad SMARTS) is 1. The third-order valence-electron chi connectivity index (χ3n) is 2.72. The van der Waals surface area contributed by atoms with Crippen LogP contribution >= 0.6 is 0 Å². The van der Waals surface area contributed by atoms with Crippen LogP contribution in [0.4, 0.5) is 4.39 Å². The number of fused-ring (bicyclic) bond motifs is 1. The molecule has 0 saturated carbocycles. The first-order chi connectivity index (χ1) is 9.15. The summed E-state index contributed by atoms with van der Waals surface area (Å²) in [5.41, 5.74) is 1.57. The number of benzene rings is 1. The Morgan fingerprint density at radius 3 is 2.63 bits per heavy atom. The normalized spacial score (nSPS) is 10.8. The lowest BCUT2D eigenvalue weighted by Gasteiger charge is -2.06. The van der Waals surface area contributed by atoms with Crippen molar-refractivity contribution >= 4 is 11.6 Å². The Morgan fingerprint density at radius 2 is 1.95 bits per heavy atom. The van der Waals surface area contributed by atoms with Crippen LogP contribution in [-0.2, 0) is 0 Å². The van der Waals surface area contributed by atoms with Crippen molar-refractivity contribution in [2.45, 2.75) is 0 Å². The van der Waals surface area contributed by atoms with Gasteiger partial charge in [-0.2, -0.15) is 5.10 Å². The molecule has 3 aromatic rings. The molecule has 2 heterocycles. The molecule has 19 heavy (non-hydrogen) atoms. The zero-order valence-electron chi connectivity index (χ0n) is 9.62. The lowest BCUT2D eigenvalue weighted by atomic mass is 10.1. The van der Waals surface area contributed by atoms with Crippen LogP contribution in [0, 0.1) is 5.82 Å². The third-order valence-corrected chi connectivity index (χ3v) is 2.72. The van der Waals surface area contributed by atoms with Crippen molar-refractivity contribution in [1.82, 2.24) is 14.6 Å². The van der Waals surface area contributed by atoms with E-state index in [1.165, 1.54) is 28.9 Å². The zero-order chi connectivity index (χ0) is 13.4. The molecule has 0 unspecified atom stereocenters. The van der Waals surface area contributed by atoms with E-state index >= 15 is 0 Å². The number of hydrogen-bond acceptors (Lipinski definition) is 3. The lowest BCUT2D eigenvalue weighted by molar-refractivity contribution is 0.0690. The molecule has 3 rings (SSSR count). The summed E-state index contributed by atoms with van der Waals surface area (Å²) >= 11 is 0. The second-order valence-electron chi connectivity index (χ2n) is 3.94. The number of hydrogen-bond donors (Lipinski definition) is 1. The average Bonchev–Trinajstić information content (AvgIpc) is 2.86. The first-order valence-electron chi connectivity index (χ1n) is 5.49. The Balaban J connectivity index is 2.29. The van der Waals surface area contributed by atoms with Crippen LogP contribution in [0.15, 0.2) is 42.6 Å². The van der Waals surface area contributed by atoms with E-state index in [0.29, 0.717) is 16.9 Å². The molecule has 1 N–H and O–H groups in total. The smallest absolute Gasteiger partial charge is 0.354 e. The number of halogens is 1. The zero-order valence-corrected chi connectivity index (χ0v) is 9.62. The van der Waals surface area contributed by atoms with Crippen molar-refractivity contribution in [2.24, 2.45) is 0 Å². The van der Waals surface area contributed by atoms with Crippen LogP contribution in [-0.4, -0.2) is 25.7 Å². The van der Waals surface area contributed by atoms with Crippen LogP contribution in [0.25, 0.3) is 16.9 Å². The van der Waals surface area contributed by atoms with E-state index in [1.54, 1.807) is 18.2 Å². The lowest BCUT2D eigenvalue weighted by Crippen LogP contribution is -2.05. The van der Waals surface area contributed by atoms with Crippen LogP contribution in [0.2, 0.25) is 0 Å². The SMILES string of the molecule is O=C(O)c1cc(-c2ccc(F)cc2)n2nccc2n1. The molecule has 0 atom stereocenters. The molecule has 0 aliphatic carbocycles. The van der Waals surface area contributed by atoms with Gasteiger partial charge in [0.1, 0.15) is 5.82 Å². The highest BCUT2D eigenvalue weighted by Gasteiger charge is 2.12. The van der Waals surface area contributed by atoms with Gasteiger partial charge < -0.3 is 5.11 Å². The van der Waals surface area contributed by atoms with Gasteiger partial charge in [0.05, 0.1) is 11.9 Å². The molecule has 0 fully saturated rings. The largest absolute Gasteiger partial charge is 0.477 e. The molecule has 94 valence electrons. The van der Waals surface area contributed by atoms with Crippen molar-refractivity contribution < 1.29 is 14.3 Å². The third kappa shape index (κ3) is 1.93. The fourth-order valence-corrected chi connectivity index (χ4v) is 1.85. The highest BCUT2D eigenvalue weighted by Crippen LogP contribution is 2.21. The number of carboxylic acids is 1. The Hall–Kier alpha value is -2.76. The molecule has 6 heteroatoms. The second kappa shape index (κ2) is 4.16. The van der Waals surface area contributed by atoms with Gasteiger partial charge in [-0.15, -0.1) is 0 Å². The standard InChI is InChI=1S/C13H8FN3O2/c14-9-3-1-8(2-4-9)11-7-10(13(18)19)16-12-5-6-15-17(11)12/h1-7H,(H,18,19). The van der Waals surface area contributed by atoms with E-state index < -0.39 is 5.97 Å². The summed E-state index contributed by atoms with van der Waals surface area (Å²) in [6, 6.07) is 8.78. The number of aromatic nitrogens is 3. The van der Waals surface area contributed by atoms with Gasteiger partial charge in [0.2, 0.25) is 0 Å². The van der Waals surface area contributed by atoms with Gasteiger partial charge in [-0.05, 0) is 30.3 Å². The highest BCUT2D eigenvalue weighted by atomic mass is 19.1. The van der Waals surface area contributed by atoms with Crippen LogP contribution in [0.3, 0.4) is 0 Å². The molecule has 1 aromatic carbocycles. The van der Waals surface area contributed by atoms with Crippen LogP contribution < -0.4 is 0 Å². The fourth-order valence-electron chi connectivity index (χ4n) is 1.85. The highest BCUT2D eigenvalue weighted by molar-refractivity contribution is 5.87. The molecule has 0 saturated heterocycles. The molecule has 0 bridgehead atoms. The van der Waals surface area contributed by atoms with Crippen LogP contribution in [0.5, 0.6) is 0 Å². The van der Waals surface area contributed by atoms with Crippen molar-refractivity contribution in [1.29, 1.82) is 0 Å². The van der Waals surface area contributed by atoms with Crippen molar-refractivity contribution in [3.8, 4) is 11.3 Å². The Morgan fingerprint density at radius 1 is 1.21 bits per heavy atom. The van der Waals surface area contributed by atoms with E-state index in [2.05, 4.69) is 10.1 Å². The van der Waals surface area contributed by atoms with E-state index in [1.807, 2.05) is 0 Å². The van der Waals surface area contributed by atoms with Crippen molar-refractivity contribution in [3.05, 3.63) is 54.1 Å². The molecule has 0 aliphatic rings. The Labute approximate surface area is 107 Å². The number of rotatable bonds is 2. The molecule has 0 aliphatic heterocycles. The van der Waals surface area contributed by atoms with Gasteiger partial charge in [0.25, 0.3) is 0 Å². The van der Waals surface area contributed by atoms with E-state index in [4.69, 9.17) is 5.11 Å². The van der Waals surface area contributed by atoms with Crippen molar-refractivity contribution in [2.75, 3.05) is 0 Å². The van der Waals surface area contributed by atoms with Crippen molar-refractivity contribution in [3.63, 3.8) is 0 Å². The second-order valence-corrected chi connectivity index (χ2v) is 3.94. The number of nitrogens with zero attached hydrogens (tertiary/aromatic N) is 3. The molecule has 0 spiro atoms. The summed E-state index contributed by atoms with van der Waals surface area (Å²) in [5, 5.41) is 13.1. The predicted molar refractivity (Wildman–Crippen MR) is 65.3 cm³/mol. The van der Waals surface area contributed by atoms with Crippen LogP contribution in [0.1, 0.15) is 10.5 Å².